The standard InChI is InChI=1S/C22H19N3O7S/c1-33(30,31)32-14-15-11-18(23-21(26)16-5-3-2-4-6-16)13-19(12-15)24-22(27)17-7-9-20(10-8-17)25(28)29/h2-13H,14H2,1H3,(H,23,26)(H,24,27). The Hall–Kier alpha value is -4.09. The summed E-state index contributed by atoms with van der Waals surface area (Å²) in [4.78, 5) is 35.3. The number of nitrogens with one attached hydrogen (secondary N) is 2. The lowest BCUT2D eigenvalue weighted by atomic mass is 10.1. The number of nitro benzene ring substituents is 1. The molecule has 11 heteroatoms. The van der Waals surface area contributed by atoms with Crippen LogP contribution in [-0.4, -0.2) is 31.4 Å². The average Bonchev–Trinajstić information content (AvgIpc) is 2.77. The normalized spacial score (nSPS) is 10.9. The van der Waals surface area contributed by atoms with Gasteiger partial charge in [0.2, 0.25) is 0 Å². The van der Waals surface area contributed by atoms with E-state index < -0.39 is 26.9 Å². The maximum atomic E-state index is 12.6. The second kappa shape index (κ2) is 10.0. The van der Waals surface area contributed by atoms with Gasteiger partial charge in [-0.1, -0.05) is 18.2 Å². The van der Waals surface area contributed by atoms with Crippen LogP contribution < -0.4 is 10.6 Å². The summed E-state index contributed by atoms with van der Waals surface area (Å²) in [5, 5.41) is 16.1. The van der Waals surface area contributed by atoms with E-state index >= 15 is 0 Å². The summed E-state index contributed by atoms with van der Waals surface area (Å²) in [6.07, 6.45) is 0.908. The maximum Gasteiger partial charge on any atom is 0.269 e. The Kier molecular flexibility index (Phi) is 7.16. The number of anilines is 2. The number of amides is 2. The molecule has 0 unspecified atom stereocenters. The van der Waals surface area contributed by atoms with Crippen molar-refractivity contribution in [1.82, 2.24) is 0 Å². The molecule has 0 aliphatic heterocycles. The number of hydrogen-bond acceptors (Lipinski definition) is 7. The van der Waals surface area contributed by atoms with Crippen molar-refractivity contribution in [2.75, 3.05) is 16.9 Å². The van der Waals surface area contributed by atoms with E-state index in [4.69, 9.17) is 4.18 Å². The first-order chi connectivity index (χ1) is 15.6. The van der Waals surface area contributed by atoms with Gasteiger partial charge in [0, 0.05) is 34.6 Å². The van der Waals surface area contributed by atoms with E-state index in [-0.39, 0.29) is 23.5 Å². The minimum Gasteiger partial charge on any atom is -0.322 e. The van der Waals surface area contributed by atoms with Crippen molar-refractivity contribution in [2.24, 2.45) is 0 Å². The summed E-state index contributed by atoms with van der Waals surface area (Å²) in [6, 6.07) is 18.0. The number of carbonyl (C=O) groups is 2. The second-order valence-electron chi connectivity index (χ2n) is 6.96. The van der Waals surface area contributed by atoms with Gasteiger partial charge in [0.05, 0.1) is 17.8 Å². The Labute approximate surface area is 189 Å². The van der Waals surface area contributed by atoms with Crippen molar-refractivity contribution in [1.29, 1.82) is 0 Å². The fourth-order valence-corrected chi connectivity index (χ4v) is 3.18. The zero-order valence-electron chi connectivity index (χ0n) is 17.3. The van der Waals surface area contributed by atoms with Crippen LogP contribution in [0, 0.1) is 10.1 Å². The molecular formula is C22H19N3O7S. The molecule has 0 spiro atoms. The number of nitro groups is 1. The molecule has 0 heterocycles. The van der Waals surface area contributed by atoms with Gasteiger partial charge in [-0.2, -0.15) is 8.42 Å². The van der Waals surface area contributed by atoms with Crippen LogP contribution in [0.4, 0.5) is 17.1 Å². The molecule has 3 aromatic rings. The van der Waals surface area contributed by atoms with E-state index in [1.807, 2.05) is 0 Å². The maximum absolute atomic E-state index is 12.6. The molecule has 33 heavy (non-hydrogen) atoms. The molecule has 0 atom stereocenters. The van der Waals surface area contributed by atoms with Gasteiger partial charge in [0.1, 0.15) is 0 Å². The third-order valence-corrected chi connectivity index (χ3v) is 4.87. The lowest BCUT2D eigenvalue weighted by Crippen LogP contribution is -2.15. The van der Waals surface area contributed by atoms with Crippen molar-refractivity contribution >= 4 is 39.0 Å². The van der Waals surface area contributed by atoms with Gasteiger partial charge < -0.3 is 10.6 Å². The molecule has 10 nitrogen and oxygen atoms in total. The summed E-state index contributed by atoms with van der Waals surface area (Å²) < 4.78 is 27.6. The molecule has 170 valence electrons. The van der Waals surface area contributed by atoms with Crippen LogP contribution in [0.15, 0.2) is 72.8 Å². The van der Waals surface area contributed by atoms with E-state index in [1.165, 1.54) is 42.5 Å². The van der Waals surface area contributed by atoms with E-state index in [0.29, 0.717) is 16.8 Å². The fraction of sp³-hybridized carbons (Fsp3) is 0.0909. The monoisotopic (exact) mass is 469 g/mol. The first-order valence-electron chi connectivity index (χ1n) is 9.51. The highest BCUT2D eigenvalue weighted by Crippen LogP contribution is 2.22. The Balaban J connectivity index is 1.85. The highest BCUT2D eigenvalue weighted by Gasteiger charge is 2.13. The third kappa shape index (κ3) is 6.95. The molecule has 0 saturated carbocycles. The van der Waals surface area contributed by atoms with E-state index in [9.17, 15) is 28.1 Å². The third-order valence-electron chi connectivity index (χ3n) is 4.32. The molecule has 3 aromatic carbocycles. The van der Waals surface area contributed by atoms with Gasteiger partial charge in [-0.15, -0.1) is 0 Å². The highest BCUT2D eigenvalue weighted by molar-refractivity contribution is 7.85. The number of hydrogen-bond donors (Lipinski definition) is 2. The predicted octanol–water partition coefficient (Wildman–Crippen LogP) is 3.58. The lowest BCUT2D eigenvalue weighted by molar-refractivity contribution is -0.384. The molecule has 0 radical (unpaired) electrons. The zero-order valence-corrected chi connectivity index (χ0v) is 18.2. The summed E-state index contributed by atoms with van der Waals surface area (Å²) in [5.74, 6) is -0.948. The molecular weight excluding hydrogens is 450 g/mol. The molecule has 2 N–H and O–H groups in total. The van der Waals surface area contributed by atoms with Crippen LogP contribution in [0.5, 0.6) is 0 Å². The minimum absolute atomic E-state index is 0.155. The summed E-state index contributed by atoms with van der Waals surface area (Å²) >= 11 is 0. The number of benzene rings is 3. The molecule has 0 fully saturated rings. The number of non-ortho nitro benzene ring substituents is 1. The van der Waals surface area contributed by atoms with Crippen LogP contribution in [0.3, 0.4) is 0 Å². The molecule has 0 aromatic heterocycles. The van der Waals surface area contributed by atoms with E-state index in [0.717, 1.165) is 6.26 Å². The number of nitrogens with zero attached hydrogens (tertiary/aromatic N) is 1. The van der Waals surface area contributed by atoms with Crippen LogP contribution in [0.2, 0.25) is 0 Å². The van der Waals surface area contributed by atoms with Crippen molar-refractivity contribution in [3.8, 4) is 0 Å². The van der Waals surface area contributed by atoms with Gasteiger partial charge in [-0.25, -0.2) is 0 Å². The van der Waals surface area contributed by atoms with Crippen LogP contribution in [0.1, 0.15) is 26.3 Å². The largest absolute Gasteiger partial charge is 0.322 e. The predicted molar refractivity (Wildman–Crippen MR) is 122 cm³/mol. The quantitative estimate of drug-likeness (QED) is 0.291. The Morgan fingerprint density at radius 3 is 1.88 bits per heavy atom. The van der Waals surface area contributed by atoms with Gasteiger partial charge in [0.25, 0.3) is 27.6 Å². The van der Waals surface area contributed by atoms with Crippen molar-refractivity contribution in [3.05, 3.63) is 99.6 Å². The summed E-state index contributed by atoms with van der Waals surface area (Å²) in [6.45, 7) is -0.311. The smallest absolute Gasteiger partial charge is 0.269 e. The molecule has 2 amide bonds. The summed E-state index contributed by atoms with van der Waals surface area (Å²) in [5.41, 5.74) is 1.37. The van der Waals surface area contributed by atoms with E-state index in [1.54, 1.807) is 30.3 Å². The second-order valence-corrected chi connectivity index (χ2v) is 8.61. The van der Waals surface area contributed by atoms with Gasteiger partial charge in [-0.05, 0) is 48.0 Å². The average molecular weight is 469 g/mol. The van der Waals surface area contributed by atoms with E-state index in [2.05, 4.69) is 10.6 Å². The zero-order chi connectivity index (χ0) is 24.0. The molecule has 0 saturated heterocycles. The van der Waals surface area contributed by atoms with Crippen LogP contribution in [-0.2, 0) is 20.9 Å². The van der Waals surface area contributed by atoms with Crippen molar-refractivity contribution in [2.45, 2.75) is 6.61 Å². The molecule has 3 rings (SSSR count). The Morgan fingerprint density at radius 1 is 0.879 bits per heavy atom. The molecule has 0 bridgehead atoms. The highest BCUT2D eigenvalue weighted by atomic mass is 32.2. The number of carbonyl (C=O) groups excluding carboxylic acids is 2. The topological polar surface area (TPSA) is 145 Å². The van der Waals surface area contributed by atoms with Gasteiger partial charge >= 0.3 is 0 Å². The molecule has 0 aliphatic carbocycles. The molecule has 0 aliphatic rings. The first kappa shape index (κ1) is 23.6. The van der Waals surface area contributed by atoms with Crippen molar-refractivity contribution in [3.63, 3.8) is 0 Å². The van der Waals surface area contributed by atoms with Gasteiger partial charge in [0.15, 0.2) is 0 Å². The number of rotatable bonds is 8. The Bertz CT molecular complexity index is 1290. The fourth-order valence-electron chi connectivity index (χ4n) is 2.83. The van der Waals surface area contributed by atoms with Crippen LogP contribution in [0.25, 0.3) is 0 Å². The minimum atomic E-state index is -3.72. The van der Waals surface area contributed by atoms with Crippen LogP contribution >= 0.6 is 0 Å². The summed E-state index contributed by atoms with van der Waals surface area (Å²) in [7, 11) is -3.72. The Morgan fingerprint density at radius 2 is 1.39 bits per heavy atom. The first-order valence-corrected chi connectivity index (χ1v) is 11.3. The SMILES string of the molecule is CS(=O)(=O)OCc1cc(NC(=O)c2ccccc2)cc(NC(=O)c2ccc([N+](=O)[O-])cc2)c1. The van der Waals surface area contributed by atoms with Crippen molar-refractivity contribution < 1.29 is 27.1 Å². The van der Waals surface area contributed by atoms with Gasteiger partial charge in [-0.3, -0.25) is 23.9 Å². The lowest BCUT2D eigenvalue weighted by Gasteiger charge is -2.12.